The van der Waals surface area contributed by atoms with E-state index in [-0.39, 0.29) is 11.7 Å². The summed E-state index contributed by atoms with van der Waals surface area (Å²) in [5, 5.41) is 0. The molecule has 0 aliphatic heterocycles. The van der Waals surface area contributed by atoms with Crippen LogP contribution in [-0.2, 0) is 0 Å². The molecule has 0 heterocycles. The average Bonchev–Trinajstić information content (AvgIpc) is 2.34. The molecular formula is C12H18N4O. The number of nitrogens with two attached hydrogens (primary N) is 3. The van der Waals surface area contributed by atoms with Gasteiger partial charge in [0.25, 0.3) is 0 Å². The molecule has 0 radical (unpaired) electrons. The standard InChI is InChI=1S/C12H18N4O/c13-10(7-4-8-16-12(14)15)11(17)9-5-2-1-3-6-9/h1-3,5-6,10H,4,7-8,13H2,(H4,14,15,16)/t10-/m0/s1. The maximum atomic E-state index is 11.9. The first kappa shape index (κ1) is 13.2. The van der Waals surface area contributed by atoms with Crippen molar-refractivity contribution in [2.45, 2.75) is 18.9 Å². The summed E-state index contributed by atoms with van der Waals surface area (Å²) in [6, 6.07) is 8.53. The van der Waals surface area contributed by atoms with Gasteiger partial charge in [0.2, 0.25) is 0 Å². The van der Waals surface area contributed by atoms with Crippen molar-refractivity contribution >= 4 is 11.7 Å². The lowest BCUT2D eigenvalue weighted by molar-refractivity contribution is 0.0956. The molecule has 0 aliphatic carbocycles. The van der Waals surface area contributed by atoms with Crippen molar-refractivity contribution < 1.29 is 4.79 Å². The minimum Gasteiger partial charge on any atom is -0.370 e. The minimum atomic E-state index is -0.494. The molecule has 0 unspecified atom stereocenters. The van der Waals surface area contributed by atoms with Crippen LogP contribution < -0.4 is 17.2 Å². The lowest BCUT2D eigenvalue weighted by atomic mass is 10.0. The van der Waals surface area contributed by atoms with Crippen molar-refractivity contribution in [1.82, 2.24) is 0 Å². The number of hydrogen-bond donors (Lipinski definition) is 3. The molecule has 0 saturated heterocycles. The second-order valence-corrected chi connectivity index (χ2v) is 3.79. The number of ketones is 1. The zero-order valence-corrected chi connectivity index (χ0v) is 9.67. The van der Waals surface area contributed by atoms with E-state index in [0.29, 0.717) is 24.9 Å². The molecule has 0 saturated carbocycles. The number of hydrogen-bond acceptors (Lipinski definition) is 3. The third-order valence-corrected chi connectivity index (χ3v) is 2.36. The van der Waals surface area contributed by atoms with Crippen LogP contribution in [0.5, 0.6) is 0 Å². The summed E-state index contributed by atoms with van der Waals surface area (Å²) in [6.07, 6.45) is 1.27. The number of guanidine groups is 1. The smallest absolute Gasteiger partial charge is 0.185 e. The molecule has 1 atom stereocenters. The molecule has 1 aromatic rings. The third kappa shape index (κ3) is 4.65. The highest BCUT2D eigenvalue weighted by molar-refractivity contribution is 5.99. The van der Waals surface area contributed by atoms with Crippen molar-refractivity contribution in [3.63, 3.8) is 0 Å². The molecule has 5 heteroatoms. The van der Waals surface area contributed by atoms with Gasteiger partial charge in [0.1, 0.15) is 0 Å². The third-order valence-electron chi connectivity index (χ3n) is 2.36. The molecule has 0 aromatic heterocycles. The van der Waals surface area contributed by atoms with Crippen molar-refractivity contribution in [1.29, 1.82) is 0 Å². The Kier molecular flexibility index (Phi) is 5.16. The molecule has 0 amide bonds. The van der Waals surface area contributed by atoms with Gasteiger partial charge in [-0.2, -0.15) is 0 Å². The molecule has 92 valence electrons. The number of benzene rings is 1. The van der Waals surface area contributed by atoms with Crippen molar-refractivity contribution in [2.75, 3.05) is 6.54 Å². The molecule has 5 nitrogen and oxygen atoms in total. The maximum Gasteiger partial charge on any atom is 0.185 e. The van der Waals surface area contributed by atoms with Gasteiger partial charge in [0.15, 0.2) is 11.7 Å². The zero-order valence-electron chi connectivity index (χ0n) is 9.67. The van der Waals surface area contributed by atoms with Gasteiger partial charge in [-0.15, -0.1) is 0 Å². The Morgan fingerprint density at radius 1 is 1.24 bits per heavy atom. The van der Waals surface area contributed by atoms with Gasteiger partial charge < -0.3 is 17.2 Å². The van der Waals surface area contributed by atoms with E-state index in [9.17, 15) is 4.79 Å². The Balaban J connectivity index is 2.40. The van der Waals surface area contributed by atoms with Crippen LogP contribution in [-0.4, -0.2) is 24.3 Å². The lowest BCUT2D eigenvalue weighted by Crippen LogP contribution is -2.30. The number of aliphatic imine (C=N–C) groups is 1. The van der Waals surface area contributed by atoms with Crippen LogP contribution in [0.4, 0.5) is 0 Å². The highest BCUT2D eigenvalue weighted by Gasteiger charge is 2.14. The van der Waals surface area contributed by atoms with Gasteiger partial charge in [-0.3, -0.25) is 9.79 Å². The lowest BCUT2D eigenvalue weighted by Gasteiger charge is -2.09. The number of rotatable bonds is 6. The highest BCUT2D eigenvalue weighted by atomic mass is 16.1. The van der Waals surface area contributed by atoms with Crippen LogP contribution in [0.2, 0.25) is 0 Å². The molecule has 1 rings (SSSR count). The maximum absolute atomic E-state index is 11.9. The fourth-order valence-electron chi connectivity index (χ4n) is 1.47. The van der Waals surface area contributed by atoms with E-state index in [4.69, 9.17) is 17.2 Å². The second kappa shape index (κ2) is 6.65. The van der Waals surface area contributed by atoms with E-state index in [0.717, 1.165) is 0 Å². The summed E-state index contributed by atoms with van der Waals surface area (Å²) in [5.41, 5.74) is 16.8. The highest BCUT2D eigenvalue weighted by Crippen LogP contribution is 2.06. The molecule has 0 spiro atoms. The average molecular weight is 234 g/mol. The first-order valence-electron chi connectivity index (χ1n) is 5.51. The van der Waals surface area contributed by atoms with Crippen molar-refractivity contribution in [3.8, 4) is 0 Å². The number of Topliss-reactive ketones (excluding diaryl/α,β-unsaturated/α-hetero) is 1. The topological polar surface area (TPSA) is 107 Å². The second-order valence-electron chi connectivity index (χ2n) is 3.79. The van der Waals surface area contributed by atoms with Gasteiger partial charge in [-0.25, -0.2) is 0 Å². The van der Waals surface area contributed by atoms with E-state index in [1.54, 1.807) is 12.1 Å². The molecule has 0 aliphatic rings. The summed E-state index contributed by atoms with van der Waals surface area (Å²) in [6.45, 7) is 0.498. The first-order chi connectivity index (χ1) is 8.11. The fraction of sp³-hybridized carbons (Fsp3) is 0.333. The van der Waals surface area contributed by atoms with E-state index < -0.39 is 6.04 Å². The van der Waals surface area contributed by atoms with Gasteiger partial charge >= 0.3 is 0 Å². The predicted octanol–water partition coefficient (Wildman–Crippen LogP) is 0.250. The quantitative estimate of drug-likeness (QED) is 0.284. The van der Waals surface area contributed by atoms with Crippen LogP contribution in [0.3, 0.4) is 0 Å². The van der Waals surface area contributed by atoms with Crippen LogP contribution >= 0.6 is 0 Å². The van der Waals surface area contributed by atoms with Gasteiger partial charge in [-0.1, -0.05) is 30.3 Å². The van der Waals surface area contributed by atoms with Gasteiger partial charge in [-0.05, 0) is 12.8 Å². The Labute approximate surface area is 101 Å². The molecular weight excluding hydrogens is 216 g/mol. The van der Waals surface area contributed by atoms with Crippen LogP contribution in [0, 0.1) is 0 Å². The Bertz CT molecular complexity index is 385. The van der Waals surface area contributed by atoms with Crippen LogP contribution in [0.15, 0.2) is 35.3 Å². The van der Waals surface area contributed by atoms with Crippen molar-refractivity contribution in [2.24, 2.45) is 22.2 Å². The molecule has 6 N–H and O–H groups in total. The summed E-state index contributed by atoms with van der Waals surface area (Å²) in [5.74, 6) is 0.0169. The largest absolute Gasteiger partial charge is 0.370 e. The summed E-state index contributed by atoms with van der Waals surface area (Å²) < 4.78 is 0. The molecule has 0 bridgehead atoms. The van der Waals surface area contributed by atoms with Crippen LogP contribution in [0.25, 0.3) is 0 Å². The molecule has 1 aromatic carbocycles. The summed E-state index contributed by atoms with van der Waals surface area (Å²) in [7, 11) is 0. The molecule has 0 fully saturated rings. The van der Waals surface area contributed by atoms with E-state index in [1.807, 2.05) is 18.2 Å². The summed E-state index contributed by atoms with van der Waals surface area (Å²) >= 11 is 0. The number of carbonyl (C=O) groups is 1. The van der Waals surface area contributed by atoms with E-state index in [2.05, 4.69) is 4.99 Å². The minimum absolute atomic E-state index is 0.0460. The van der Waals surface area contributed by atoms with Crippen LogP contribution in [0.1, 0.15) is 23.2 Å². The van der Waals surface area contributed by atoms with Gasteiger partial charge in [0, 0.05) is 12.1 Å². The SMILES string of the molecule is NC(N)=NCCC[C@H](N)C(=O)c1ccccc1. The molecule has 17 heavy (non-hydrogen) atoms. The van der Waals surface area contributed by atoms with Gasteiger partial charge in [0.05, 0.1) is 6.04 Å². The monoisotopic (exact) mass is 234 g/mol. The Morgan fingerprint density at radius 3 is 2.47 bits per heavy atom. The normalized spacial score (nSPS) is 11.8. The fourth-order valence-corrected chi connectivity index (χ4v) is 1.47. The van der Waals surface area contributed by atoms with E-state index >= 15 is 0 Å². The predicted molar refractivity (Wildman–Crippen MR) is 68.7 cm³/mol. The summed E-state index contributed by atoms with van der Waals surface area (Å²) in [4.78, 5) is 15.7. The van der Waals surface area contributed by atoms with Crippen molar-refractivity contribution in [3.05, 3.63) is 35.9 Å². The number of nitrogens with zero attached hydrogens (tertiary/aromatic N) is 1. The van der Waals surface area contributed by atoms with E-state index in [1.165, 1.54) is 0 Å². The Morgan fingerprint density at radius 2 is 1.88 bits per heavy atom. The number of carbonyl (C=O) groups excluding carboxylic acids is 1. The zero-order chi connectivity index (χ0) is 12.7. The Hall–Kier alpha value is -1.88. The first-order valence-corrected chi connectivity index (χ1v) is 5.51.